The Kier molecular flexibility index (Phi) is 6.46. The van der Waals surface area contributed by atoms with Crippen LogP contribution in [0.15, 0.2) is 18.2 Å². The Morgan fingerprint density at radius 2 is 2.06 bits per heavy atom. The van der Waals surface area contributed by atoms with E-state index in [9.17, 15) is 13.2 Å². The summed E-state index contributed by atoms with van der Waals surface area (Å²) in [5.41, 5.74) is 6.51. The van der Waals surface area contributed by atoms with E-state index in [2.05, 4.69) is 0 Å². The van der Waals surface area contributed by atoms with Gasteiger partial charge in [-0.15, -0.1) is 0 Å². The smallest absolute Gasteiger partial charge is 0.261 e. The second kappa shape index (κ2) is 7.61. The van der Waals surface area contributed by atoms with Crippen molar-refractivity contribution in [2.45, 2.75) is 25.3 Å². The van der Waals surface area contributed by atoms with Gasteiger partial charge in [-0.3, -0.25) is 0 Å². The molecule has 0 heterocycles. The largest absolute Gasteiger partial charge is 0.375 e. The van der Waals surface area contributed by atoms with Crippen LogP contribution in [0, 0.1) is 5.82 Å². The Morgan fingerprint density at radius 1 is 1.33 bits per heavy atom. The number of alkyl halides is 2. The predicted octanol–water partition coefficient (Wildman–Crippen LogP) is 3.02. The van der Waals surface area contributed by atoms with Gasteiger partial charge in [0.05, 0.1) is 5.02 Å². The molecular formula is C12H15ClF3NO. The first-order valence-corrected chi connectivity index (χ1v) is 5.92. The fraction of sp³-hybridized carbons (Fsp3) is 0.500. The molecule has 0 saturated carbocycles. The van der Waals surface area contributed by atoms with E-state index in [1.54, 1.807) is 6.07 Å². The van der Waals surface area contributed by atoms with E-state index in [0.717, 1.165) is 5.56 Å². The molecule has 0 saturated heterocycles. The standard InChI is InChI=1S/C12H15ClF3NO/c13-10-2-1-8(6-11(10)14)5-9(17)3-4-18-7-12(15)16/h1-2,6,9,12H,3-5,7,17H2. The Morgan fingerprint density at radius 3 is 2.67 bits per heavy atom. The molecule has 1 aromatic rings. The van der Waals surface area contributed by atoms with E-state index in [1.165, 1.54) is 12.1 Å². The fourth-order valence-corrected chi connectivity index (χ4v) is 1.60. The predicted molar refractivity (Wildman–Crippen MR) is 64.5 cm³/mol. The average molecular weight is 282 g/mol. The summed E-state index contributed by atoms with van der Waals surface area (Å²) >= 11 is 5.55. The number of hydrogen-bond acceptors (Lipinski definition) is 2. The van der Waals surface area contributed by atoms with Crippen molar-refractivity contribution in [3.8, 4) is 0 Å². The molecule has 1 unspecified atom stereocenters. The zero-order chi connectivity index (χ0) is 13.5. The molecule has 0 aromatic heterocycles. The van der Waals surface area contributed by atoms with Crippen LogP contribution in [0.1, 0.15) is 12.0 Å². The number of ether oxygens (including phenoxy) is 1. The first-order valence-electron chi connectivity index (χ1n) is 5.54. The summed E-state index contributed by atoms with van der Waals surface area (Å²) in [6, 6.07) is 4.21. The maximum absolute atomic E-state index is 13.1. The quantitative estimate of drug-likeness (QED) is 0.780. The molecule has 0 aliphatic rings. The van der Waals surface area contributed by atoms with Gasteiger partial charge in [-0.2, -0.15) is 0 Å². The highest BCUT2D eigenvalue weighted by molar-refractivity contribution is 6.30. The van der Waals surface area contributed by atoms with E-state index in [1.807, 2.05) is 0 Å². The van der Waals surface area contributed by atoms with Gasteiger partial charge >= 0.3 is 0 Å². The zero-order valence-electron chi connectivity index (χ0n) is 9.71. The summed E-state index contributed by atoms with van der Waals surface area (Å²) in [6.07, 6.45) is -1.57. The molecule has 1 aromatic carbocycles. The van der Waals surface area contributed by atoms with Crippen molar-refractivity contribution in [3.63, 3.8) is 0 Å². The van der Waals surface area contributed by atoms with Crippen LogP contribution in [-0.4, -0.2) is 25.7 Å². The second-order valence-corrected chi connectivity index (χ2v) is 4.37. The lowest BCUT2D eigenvalue weighted by Gasteiger charge is -2.12. The molecule has 6 heteroatoms. The first-order chi connectivity index (χ1) is 8.49. The number of hydrogen-bond donors (Lipinski definition) is 1. The normalized spacial score (nSPS) is 13.0. The van der Waals surface area contributed by atoms with Gasteiger partial charge in [0.25, 0.3) is 6.43 Å². The molecular weight excluding hydrogens is 267 g/mol. The van der Waals surface area contributed by atoms with E-state index < -0.39 is 18.8 Å². The number of rotatable bonds is 7. The van der Waals surface area contributed by atoms with Crippen molar-refractivity contribution in [2.24, 2.45) is 5.73 Å². The van der Waals surface area contributed by atoms with Crippen molar-refractivity contribution >= 4 is 11.6 Å². The SMILES string of the molecule is NC(CCOCC(F)F)Cc1ccc(Cl)c(F)c1. The minimum Gasteiger partial charge on any atom is -0.375 e. The Hall–Kier alpha value is -0.780. The van der Waals surface area contributed by atoms with E-state index in [-0.39, 0.29) is 17.7 Å². The molecule has 18 heavy (non-hydrogen) atoms. The topological polar surface area (TPSA) is 35.2 Å². The molecule has 0 aliphatic carbocycles. The van der Waals surface area contributed by atoms with Crippen molar-refractivity contribution in [3.05, 3.63) is 34.6 Å². The maximum atomic E-state index is 13.1. The van der Waals surface area contributed by atoms with Crippen LogP contribution in [0.3, 0.4) is 0 Å². The number of nitrogens with two attached hydrogens (primary N) is 1. The molecule has 102 valence electrons. The van der Waals surface area contributed by atoms with Crippen LogP contribution in [0.2, 0.25) is 5.02 Å². The lowest BCUT2D eigenvalue weighted by atomic mass is 10.0. The van der Waals surface area contributed by atoms with Crippen molar-refractivity contribution < 1.29 is 17.9 Å². The van der Waals surface area contributed by atoms with Crippen molar-refractivity contribution in [2.75, 3.05) is 13.2 Å². The summed E-state index contributed by atoms with van der Waals surface area (Å²) in [7, 11) is 0. The molecule has 0 amide bonds. The number of benzene rings is 1. The monoisotopic (exact) mass is 281 g/mol. The molecule has 2 nitrogen and oxygen atoms in total. The van der Waals surface area contributed by atoms with Gasteiger partial charge in [0.15, 0.2) is 0 Å². The summed E-state index contributed by atoms with van der Waals surface area (Å²) in [6.45, 7) is -0.413. The van der Waals surface area contributed by atoms with Crippen LogP contribution >= 0.6 is 11.6 Å². The minimum atomic E-state index is -2.47. The average Bonchev–Trinajstić information content (AvgIpc) is 2.29. The van der Waals surface area contributed by atoms with Crippen LogP contribution < -0.4 is 5.73 Å². The highest BCUT2D eigenvalue weighted by Gasteiger charge is 2.08. The Labute approximate surface area is 109 Å². The second-order valence-electron chi connectivity index (χ2n) is 3.97. The van der Waals surface area contributed by atoms with Gasteiger partial charge in [-0.25, -0.2) is 13.2 Å². The molecule has 1 atom stereocenters. The molecule has 0 spiro atoms. The van der Waals surface area contributed by atoms with Crippen LogP contribution in [-0.2, 0) is 11.2 Å². The third kappa shape index (κ3) is 5.71. The van der Waals surface area contributed by atoms with E-state index in [4.69, 9.17) is 22.1 Å². The van der Waals surface area contributed by atoms with Gasteiger partial charge < -0.3 is 10.5 Å². The van der Waals surface area contributed by atoms with E-state index in [0.29, 0.717) is 12.8 Å². The van der Waals surface area contributed by atoms with Gasteiger partial charge in [-0.05, 0) is 30.5 Å². The lowest BCUT2D eigenvalue weighted by Crippen LogP contribution is -2.25. The summed E-state index contributed by atoms with van der Waals surface area (Å²) in [5, 5.41) is 0.0626. The lowest BCUT2D eigenvalue weighted by molar-refractivity contribution is 0.0153. The molecule has 0 radical (unpaired) electrons. The molecule has 0 aliphatic heterocycles. The zero-order valence-corrected chi connectivity index (χ0v) is 10.5. The first kappa shape index (κ1) is 15.3. The molecule has 2 N–H and O–H groups in total. The molecule has 1 rings (SSSR count). The van der Waals surface area contributed by atoms with Crippen LogP contribution in [0.25, 0.3) is 0 Å². The third-order valence-corrected chi connectivity index (χ3v) is 2.67. The van der Waals surface area contributed by atoms with Gasteiger partial charge in [0.2, 0.25) is 0 Å². The fourth-order valence-electron chi connectivity index (χ4n) is 1.48. The molecule has 0 bridgehead atoms. The Balaban J connectivity index is 2.31. The van der Waals surface area contributed by atoms with Crippen LogP contribution in [0.4, 0.5) is 13.2 Å². The van der Waals surface area contributed by atoms with Crippen LogP contribution in [0.5, 0.6) is 0 Å². The van der Waals surface area contributed by atoms with Gasteiger partial charge in [-0.1, -0.05) is 17.7 Å². The highest BCUT2D eigenvalue weighted by atomic mass is 35.5. The summed E-state index contributed by atoms with van der Waals surface area (Å²) in [4.78, 5) is 0. The third-order valence-electron chi connectivity index (χ3n) is 2.36. The number of halogens is 4. The van der Waals surface area contributed by atoms with Crippen molar-refractivity contribution in [1.82, 2.24) is 0 Å². The maximum Gasteiger partial charge on any atom is 0.261 e. The van der Waals surface area contributed by atoms with Gasteiger partial charge in [0.1, 0.15) is 12.4 Å². The highest BCUT2D eigenvalue weighted by Crippen LogP contribution is 2.16. The van der Waals surface area contributed by atoms with Gasteiger partial charge in [0, 0.05) is 12.6 Å². The minimum absolute atomic E-state index is 0.0626. The Bertz CT molecular complexity index is 376. The van der Waals surface area contributed by atoms with E-state index >= 15 is 0 Å². The summed E-state index contributed by atoms with van der Waals surface area (Å²) < 4.78 is 41.4. The molecule has 0 fully saturated rings. The summed E-state index contributed by atoms with van der Waals surface area (Å²) in [5.74, 6) is -0.490. The van der Waals surface area contributed by atoms with Crippen molar-refractivity contribution in [1.29, 1.82) is 0 Å².